The van der Waals surface area contributed by atoms with E-state index in [-0.39, 0.29) is 10.8 Å². The quantitative estimate of drug-likeness (QED) is 0.802. The maximum Gasteiger partial charge on any atom is 0.128 e. The molecule has 1 nitrogen and oxygen atoms in total. The van der Waals surface area contributed by atoms with Crippen molar-refractivity contribution in [3.05, 3.63) is 68.7 Å². The van der Waals surface area contributed by atoms with Gasteiger partial charge < -0.3 is 5.32 Å². The van der Waals surface area contributed by atoms with E-state index in [0.29, 0.717) is 17.7 Å². The molecule has 0 spiro atoms. The first-order chi connectivity index (χ1) is 9.52. The Labute approximate surface area is 130 Å². The zero-order chi connectivity index (χ0) is 14.7. The third kappa shape index (κ3) is 3.37. The predicted molar refractivity (Wildman–Crippen MR) is 81.0 cm³/mol. The largest absolute Gasteiger partial charge is 0.306 e. The van der Waals surface area contributed by atoms with Gasteiger partial charge in [-0.05, 0) is 42.4 Å². The lowest BCUT2D eigenvalue weighted by Crippen LogP contribution is -2.23. The zero-order valence-corrected chi connectivity index (χ0v) is 13.1. The first-order valence-corrected chi connectivity index (χ1v) is 7.33. The summed E-state index contributed by atoms with van der Waals surface area (Å²) >= 11 is 9.42. The second-order valence-electron chi connectivity index (χ2n) is 4.32. The van der Waals surface area contributed by atoms with Gasteiger partial charge in [0.25, 0.3) is 0 Å². The molecule has 0 heterocycles. The molecule has 5 heteroatoms. The van der Waals surface area contributed by atoms with Crippen molar-refractivity contribution in [1.29, 1.82) is 0 Å². The summed E-state index contributed by atoms with van der Waals surface area (Å²) in [5.74, 6) is -0.747. The Hall–Kier alpha value is -0.970. The van der Waals surface area contributed by atoms with Gasteiger partial charge >= 0.3 is 0 Å². The van der Waals surface area contributed by atoms with Crippen LogP contribution in [0.4, 0.5) is 8.78 Å². The molecular formula is C15H13BrClF2N. The molecule has 0 aliphatic rings. The Kier molecular flexibility index (Phi) is 5.13. The van der Waals surface area contributed by atoms with Gasteiger partial charge in [0.2, 0.25) is 0 Å². The van der Waals surface area contributed by atoms with Crippen LogP contribution in [-0.4, -0.2) is 6.54 Å². The van der Waals surface area contributed by atoms with Crippen LogP contribution in [0.3, 0.4) is 0 Å². The van der Waals surface area contributed by atoms with E-state index in [9.17, 15) is 8.78 Å². The fraction of sp³-hybridized carbons (Fsp3) is 0.200. The minimum Gasteiger partial charge on any atom is -0.306 e. The van der Waals surface area contributed by atoms with Crippen LogP contribution in [0.1, 0.15) is 24.1 Å². The molecule has 2 aromatic rings. The van der Waals surface area contributed by atoms with Crippen LogP contribution in [0.15, 0.2) is 40.9 Å². The molecule has 0 aliphatic carbocycles. The third-order valence-electron chi connectivity index (χ3n) is 2.95. The van der Waals surface area contributed by atoms with E-state index in [4.69, 9.17) is 11.6 Å². The van der Waals surface area contributed by atoms with Crippen molar-refractivity contribution >= 4 is 27.5 Å². The van der Waals surface area contributed by atoms with Crippen LogP contribution < -0.4 is 5.32 Å². The third-order valence-corrected chi connectivity index (χ3v) is 3.77. The highest BCUT2D eigenvalue weighted by molar-refractivity contribution is 9.10. The monoisotopic (exact) mass is 359 g/mol. The lowest BCUT2D eigenvalue weighted by molar-refractivity contribution is 0.557. The first-order valence-electron chi connectivity index (χ1n) is 6.16. The molecule has 0 saturated heterocycles. The molecule has 2 rings (SSSR count). The van der Waals surface area contributed by atoms with E-state index in [1.165, 1.54) is 18.2 Å². The molecule has 20 heavy (non-hydrogen) atoms. The van der Waals surface area contributed by atoms with Crippen molar-refractivity contribution in [2.45, 2.75) is 13.0 Å². The molecule has 106 valence electrons. The molecule has 0 aromatic heterocycles. The summed E-state index contributed by atoms with van der Waals surface area (Å²) in [6.07, 6.45) is 0. The van der Waals surface area contributed by atoms with Gasteiger partial charge in [0.15, 0.2) is 0 Å². The zero-order valence-electron chi connectivity index (χ0n) is 10.8. The van der Waals surface area contributed by atoms with E-state index < -0.39 is 11.9 Å². The number of hydrogen-bond donors (Lipinski definition) is 1. The maximum atomic E-state index is 14.1. The van der Waals surface area contributed by atoms with Gasteiger partial charge in [-0.25, -0.2) is 8.78 Å². The van der Waals surface area contributed by atoms with E-state index >= 15 is 0 Å². The molecule has 0 saturated carbocycles. The minimum absolute atomic E-state index is 0.273. The van der Waals surface area contributed by atoms with Crippen molar-refractivity contribution in [3.63, 3.8) is 0 Å². The number of benzene rings is 2. The molecule has 1 atom stereocenters. The van der Waals surface area contributed by atoms with Crippen LogP contribution in [-0.2, 0) is 0 Å². The summed E-state index contributed by atoms with van der Waals surface area (Å²) < 4.78 is 28.0. The smallest absolute Gasteiger partial charge is 0.128 e. The molecule has 0 amide bonds. The van der Waals surface area contributed by atoms with Gasteiger partial charge in [0.1, 0.15) is 11.6 Å². The van der Waals surface area contributed by atoms with Crippen molar-refractivity contribution < 1.29 is 8.78 Å². The maximum absolute atomic E-state index is 14.1. The lowest BCUT2D eigenvalue weighted by atomic mass is 9.98. The summed E-state index contributed by atoms with van der Waals surface area (Å²) in [7, 11) is 0. The van der Waals surface area contributed by atoms with Gasteiger partial charge in [0.05, 0.1) is 6.04 Å². The Bertz CT molecular complexity index is 619. The Morgan fingerprint density at radius 1 is 1.15 bits per heavy atom. The Morgan fingerprint density at radius 3 is 2.55 bits per heavy atom. The average Bonchev–Trinajstić information content (AvgIpc) is 2.40. The fourth-order valence-electron chi connectivity index (χ4n) is 2.06. The second kappa shape index (κ2) is 6.66. The van der Waals surface area contributed by atoms with Gasteiger partial charge in [-0.15, -0.1) is 0 Å². The van der Waals surface area contributed by atoms with Gasteiger partial charge in [-0.3, -0.25) is 0 Å². The molecule has 1 unspecified atom stereocenters. The van der Waals surface area contributed by atoms with Crippen molar-refractivity contribution in [3.8, 4) is 0 Å². The molecule has 0 aliphatic heterocycles. The summed E-state index contributed by atoms with van der Waals surface area (Å²) in [5.41, 5.74) is 1.11. The number of hydrogen-bond acceptors (Lipinski definition) is 1. The van der Waals surface area contributed by atoms with Crippen molar-refractivity contribution in [2.24, 2.45) is 0 Å². The van der Waals surface area contributed by atoms with Crippen LogP contribution in [0.2, 0.25) is 5.02 Å². The Balaban J connectivity index is 2.53. The summed E-state index contributed by atoms with van der Waals surface area (Å²) in [6, 6.07) is 8.42. The second-order valence-corrected chi connectivity index (χ2v) is 5.65. The molecule has 0 bridgehead atoms. The first kappa shape index (κ1) is 15.4. The number of nitrogens with one attached hydrogen (secondary N) is 1. The van der Waals surface area contributed by atoms with Crippen LogP contribution >= 0.6 is 27.5 Å². The summed E-state index contributed by atoms with van der Waals surface area (Å²) in [5, 5.41) is 3.45. The van der Waals surface area contributed by atoms with Gasteiger partial charge in [-0.2, -0.15) is 0 Å². The topological polar surface area (TPSA) is 12.0 Å². The molecule has 0 radical (unpaired) electrons. The SMILES string of the molecule is CCNC(c1cc(Br)ccc1F)c1ccc(F)cc1Cl. The summed E-state index contributed by atoms with van der Waals surface area (Å²) in [4.78, 5) is 0. The number of rotatable bonds is 4. The molecular weight excluding hydrogens is 348 g/mol. The predicted octanol–water partition coefficient (Wildman–Crippen LogP) is 5.08. The van der Waals surface area contributed by atoms with E-state index in [2.05, 4.69) is 21.2 Å². The standard InChI is InChI=1S/C15H13BrClF2N/c1-2-20-15(11-5-4-10(18)8-13(11)17)12-7-9(16)3-6-14(12)19/h3-8,15,20H,2H2,1H3. The van der Waals surface area contributed by atoms with Gasteiger partial charge in [0, 0.05) is 15.1 Å². The van der Waals surface area contributed by atoms with Gasteiger partial charge in [-0.1, -0.05) is 40.5 Å². The fourth-order valence-corrected chi connectivity index (χ4v) is 2.72. The van der Waals surface area contributed by atoms with Crippen molar-refractivity contribution in [1.82, 2.24) is 5.32 Å². The Morgan fingerprint density at radius 2 is 1.90 bits per heavy atom. The van der Waals surface area contributed by atoms with E-state index in [0.717, 1.165) is 4.47 Å². The van der Waals surface area contributed by atoms with Crippen LogP contribution in [0.25, 0.3) is 0 Å². The summed E-state index contributed by atoms with van der Waals surface area (Å²) in [6.45, 7) is 2.55. The van der Waals surface area contributed by atoms with Crippen LogP contribution in [0, 0.1) is 11.6 Å². The van der Waals surface area contributed by atoms with E-state index in [1.54, 1.807) is 18.2 Å². The molecule has 2 aromatic carbocycles. The number of halogens is 4. The normalized spacial score (nSPS) is 12.4. The minimum atomic E-state index is -0.425. The lowest BCUT2D eigenvalue weighted by Gasteiger charge is -2.21. The average molecular weight is 361 g/mol. The van der Waals surface area contributed by atoms with Crippen molar-refractivity contribution in [2.75, 3.05) is 6.54 Å². The van der Waals surface area contributed by atoms with Crippen LogP contribution in [0.5, 0.6) is 0 Å². The highest BCUT2D eigenvalue weighted by Gasteiger charge is 2.20. The molecule has 0 fully saturated rings. The highest BCUT2D eigenvalue weighted by Crippen LogP contribution is 2.31. The van der Waals surface area contributed by atoms with E-state index in [1.807, 2.05) is 6.92 Å². The highest BCUT2D eigenvalue weighted by atomic mass is 79.9. The molecule has 1 N–H and O–H groups in total.